The topological polar surface area (TPSA) is 37.4 Å². The molecule has 0 unspecified atom stereocenters. The van der Waals surface area contributed by atoms with Crippen LogP contribution in [0.3, 0.4) is 0 Å². The van der Waals surface area contributed by atoms with Gasteiger partial charge in [0.2, 0.25) is 5.91 Å². The van der Waals surface area contributed by atoms with Crippen molar-refractivity contribution in [1.82, 2.24) is 4.90 Å². The summed E-state index contributed by atoms with van der Waals surface area (Å²) in [4.78, 5) is 27.6. The number of hydrogen-bond acceptors (Lipinski definition) is 3. The molecule has 0 saturated carbocycles. The van der Waals surface area contributed by atoms with Gasteiger partial charge in [0, 0.05) is 11.8 Å². The van der Waals surface area contributed by atoms with Crippen molar-refractivity contribution in [2.45, 2.75) is 20.4 Å². The monoisotopic (exact) mass is 375 g/mol. The number of amides is 1. The summed E-state index contributed by atoms with van der Waals surface area (Å²) in [5.74, 6) is 0.0194. The fourth-order valence-corrected chi connectivity index (χ4v) is 3.65. The zero-order valence-electron chi connectivity index (χ0n) is 15.4. The maximum atomic E-state index is 12.5. The Bertz CT molecular complexity index is 958. The highest BCUT2D eigenvalue weighted by Gasteiger charge is 2.17. The van der Waals surface area contributed by atoms with Gasteiger partial charge in [-0.3, -0.25) is 9.59 Å². The number of Topliss-reactive ketones (excluding diaryl/α,β-unsaturated/α-hetero) is 1. The van der Waals surface area contributed by atoms with E-state index in [0.717, 1.165) is 21.7 Å². The third-order valence-electron chi connectivity index (χ3n) is 4.18. The summed E-state index contributed by atoms with van der Waals surface area (Å²) in [7, 11) is 0. The third kappa shape index (κ3) is 4.80. The van der Waals surface area contributed by atoms with E-state index < -0.39 is 0 Å². The molecular weight excluding hydrogens is 354 g/mol. The second kappa shape index (κ2) is 8.60. The van der Waals surface area contributed by atoms with Crippen LogP contribution in [-0.2, 0) is 11.3 Å². The second-order valence-corrected chi connectivity index (χ2v) is 7.36. The van der Waals surface area contributed by atoms with Crippen LogP contribution in [0, 0.1) is 0 Å². The molecule has 1 aromatic heterocycles. The minimum Gasteiger partial charge on any atom is -0.308 e. The van der Waals surface area contributed by atoms with E-state index in [9.17, 15) is 9.59 Å². The standard InChI is InChI=1S/C23H21NO2S/c1-17(25)23-14-13-21(27-23)15-22(20-11-7-4-8-12-20)24(18(2)26)16-19-9-5-3-6-10-19/h3-15H,16H2,1-2H3/b22-15-. The quantitative estimate of drug-likeness (QED) is 0.534. The molecule has 0 N–H and O–H groups in total. The van der Waals surface area contributed by atoms with Crippen LogP contribution >= 0.6 is 11.3 Å². The molecule has 1 heterocycles. The molecule has 0 saturated heterocycles. The van der Waals surface area contributed by atoms with Crippen molar-refractivity contribution in [3.63, 3.8) is 0 Å². The lowest BCUT2D eigenvalue weighted by molar-refractivity contribution is -0.126. The van der Waals surface area contributed by atoms with E-state index in [1.807, 2.05) is 78.9 Å². The molecule has 3 nitrogen and oxygen atoms in total. The molecule has 0 aliphatic carbocycles. The highest BCUT2D eigenvalue weighted by atomic mass is 32.1. The first kappa shape index (κ1) is 18.8. The third-order valence-corrected chi connectivity index (χ3v) is 5.31. The Hall–Kier alpha value is -2.98. The van der Waals surface area contributed by atoms with Gasteiger partial charge in [0.1, 0.15) is 0 Å². The number of carbonyl (C=O) groups excluding carboxylic acids is 2. The number of carbonyl (C=O) groups is 2. The van der Waals surface area contributed by atoms with Gasteiger partial charge in [-0.05, 0) is 36.3 Å². The van der Waals surface area contributed by atoms with Crippen LogP contribution in [0.5, 0.6) is 0 Å². The minimum atomic E-state index is -0.0303. The Balaban J connectivity index is 2.05. The first-order valence-corrected chi connectivity index (χ1v) is 9.56. The van der Waals surface area contributed by atoms with Crippen LogP contribution in [-0.4, -0.2) is 16.6 Å². The fourth-order valence-electron chi connectivity index (χ4n) is 2.81. The highest BCUT2D eigenvalue weighted by Crippen LogP contribution is 2.28. The first-order valence-electron chi connectivity index (χ1n) is 8.74. The summed E-state index contributed by atoms with van der Waals surface area (Å²) in [6, 6.07) is 23.5. The Labute approximate surface area is 163 Å². The van der Waals surface area contributed by atoms with Crippen LogP contribution in [0.15, 0.2) is 72.8 Å². The van der Waals surface area contributed by atoms with Crippen molar-refractivity contribution in [2.75, 3.05) is 0 Å². The van der Waals surface area contributed by atoms with Crippen LogP contribution < -0.4 is 0 Å². The summed E-state index contributed by atoms with van der Waals surface area (Å²) in [5.41, 5.74) is 2.84. The predicted octanol–water partition coefficient (Wildman–Crippen LogP) is 5.50. The predicted molar refractivity (Wildman–Crippen MR) is 111 cm³/mol. The van der Waals surface area contributed by atoms with Crippen LogP contribution in [0.25, 0.3) is 11.8 Å². The average molecular weight is 375 g/mol. The maximum absolute atomic E-state index is 12.5. The number of nitrogens with zero attached hydrogens (tertiary/aromatic N) is 1. The molecule has 0 fully saturated rings. The smallest absolute Gasteiger partial charge is 0.224 e. The van der Waals surface area contributed by atoms with E-state index in [4.69, 9.17) is 0 Å². The molecule has 0 spiro atoms. The SMILES string of the molecule is CC(=O)c1ccc(/C=C(/c2ccccc2)N(Cc2ccccc2)C(C)=O)s1. The molecule has 0 atom stereocenters. The van der Waals surface area contributed by atoms with E-state index in [0.29, 0.717) is 11.4 Å². The number of thiophene rings is 1. The summed E-state index contributed by atoms with van der Waals surface area (Å²) in [6.07, 6.45) is 1.98. The zero-order chi connectivity index (χ0) is 19.2. The number of hydrogen-bond donors (Lipinski definition) is 0. The van der Waals surface area contributed by atoms with Gasteiger partial charge in [0.15, 0.2) is 5.78 Å². The van der Waals surface area contributed by atoms with Gasteiger partial charge in [-0.2, -0.15) is 0 Å². The Morgan fingerprint density at radius 1 is 0.889 bits per heavy atom. The van der Waals surface area contributed by atoms with Crippen molar-refractivity contribution in [1.29, 1.82) is 0 Å². The van der Waals surface area contributed by atoms with Crippen molar-refractivity contribution >= 4 is 34.8 Å². The Morgan fingerprint density at radius 3 is 2.07 bits per heavy atom. The zero-order valence-corrected chi connectivity index (χ0v) is 16.2. The highest BCUT2D eigenvalue weighted by molar-refractivity contribution is 7.14. The van der Waals surface area contributed by atoms with E-state index in [2.05, 4.69) is 0 Å². The first-order chi connectivity index (χ1) is 13.0. The Morgan fingerprint density at radius 2 is 1.52 bits per heavy atom. The Kier molecular flexibility index (Phi) is 5.99. The van der Waals surface area contributed by atoms with E-state index in [1.54, 1.807) is 18.7 Å². The molecule has 27 heavy (non-hydrogen) atoms. The van der Waals surface area contributed by atoms with Gasteiger partial charge in [-0.1, -0.05) is 60.7 Å². The molecule has 0 bridgehead atoms. The normalized spacial score (nSPS) is 11.3. The minimum absolute atomic E-state index is 0.0303. The van der Waals surface area contributed by atoms with Gasteiger partial charge in [-0.15, -0.1) is 11.3 Å². The number of benzene rings is 2. The molecule has 136 valence electrons. The van der Waals surface area contributed by atoms with Crippen molar-refractivity contribution in [3.8, 4) is 0 Å². The van der Waals surface area contributed by atoms with Crippen molar-refractivity contribution in [3.05, 3.63) is 93.7 Å². The second-order valence-electron chi connectivity index (χ2n) is 6.24. The molecule has 0 radical (unpaired) electrons. The molecule has 2 aromatic carbocycles. The van der Waals surface area contributed by atoms with Crippen LogP contribution in [0.2, 0.25) is 0 Å². The average Bonchev–Trinajstić information content (AvgIpc) is 3.15. The van der Waals surface area contributed by atoms with Crippen molar-refractivity contribution in [2.24, 2.45) is 0 Å². The molecular formula is C23H21NO2S. The fraction of sp³-hybridized carbons (Fsp3) is 0.130. The molecule has 3 rings (SSSR count). The number of ketones is 1. The van der Waals surface area contributed by atoms with Gasteiger partial charge in [-0.25, -0.2) is 0 Å². The van der Waals surface area contributed by atoms with Gasteiger partial charge >= 0.3 is 0 Å². The van der Waals surface area contributed by atoms with E-state index in [1.165, 1.54) is 11.3 Å². The summed E-state index contributed by atoms with van der Waals surface area (Å²) < 4.78 is 0. The van der Waals surface area contributed by atoms with Crippen LogP contribution in [0.4, 0.5) is 0 Å². The lowest BCUT2D eigenvalue weighted by Crippen LogP contribution is -2.26. The maximum Gasteiger partial charge on any atom is 0.224 e. The summed E-state index contributed by atoms with van der Waals surface area (Å²) in [6.45, 7) is 3.63. The van der Waals surface area contributed by atoms with E-state index in [-0.39, 0.29) is 11.7 Å². The molecule has 4 heteroatoms. The van der Waals surface area contributed by atoms with E-state index >= 15 is 0 Å². The molecule has 0 aliphatic heterocycles. The molecule has 1 amide bonds. The number of rotatable bonds is 6. The van der Waals surface area contributed by atoms with Gasteiger partial charge in [0.05, 0.1) is 17.1 Å². The summed E-state index contributed by atoms with van der Waals surface area (Å²) in [5, 5.41) is 0. The lowest BCUT2D eigenvalue weighted by atomic mass is 10.1. The van der Waals surface area contributed by atoms with Gasteiger partial charge in [0.25, 0.3) is 0 Å². The largest absolute Gasteiger partial charge is 0.308 e. The molecule has 0 aliphatic rings. The van der Waals surface area contributed by atoms with Crippen LogP contribution in [0.1, 0.15) is 39.5 Å². The van der Waals surface area contributed by atoms with Gasteiger partial charge < -0.3 is 4.90 Å². The lowest BCUT2D eigenvalue weighted by Gasteiger charge is -2.25. The van der Waals surface area contributed by atoms with Crippen molar-refractivity contribution < 1.29 is 9.59 Å². The summed E-state index contributed by atoms with van der Waals surface area (Å²) >= 11 is 1.44. The molecule has 3 aromatic rings.